The van der Waals surface area contributed by atoms with Crippen LogP contribution >= 0.6 is 0 Å². The Bertz CT molecular complexity index is 273. The molecule has 0 aromatic rings. The molecule has 0 bridgehead atoms. The van der Waals surface area contributed by atoms with E-state index >= 15 is 0 Å². The fraction of sp³-hybridized carbons (Fsp3) is 0.778. The molecule has 66 valence electrons. The third-order valence-electron chi connectivity index (χ3n) is 3.15. The van der Waals surface area contributed by atoms with E-state index in [1.807, 2.05) is 33.8 Å². The van der Waals surface area contributed by atoms with Crippen LogP contribution in [0.25, 0.3) is 0 Å². The van der Waals surface area contributed by atoms with Crippen molar-refractivity contribution >= 4 is 5.71 Å². The van der Waals surface area contributed by atoms with Crippen molar-refractivity contribution in [2.75, 3.05) is 0 Å². The van der Waals surface area contributed by atoms with E-state index in [0.29, 0.717) is 5.71 Å². The van der Waals surface area contributed by atoms with Crippen LogP contribution in [-0.2, 0) is 0 Å². The van der Waals surface area contributed by atoms with E-state index in [0.717, 1.165) is 4.74 Å². The second-order valence-corrected chi connectivity index (χ2v) is 4.02. The molecule has 0 aliphatic carbocycles. The minimum Gasteiger partial charge on any atom is -0.623 e. The van der Waals surface area contributed by atoms with Crippen LogP contribution in [-0.4, -0.2) is 16.0 Å². The summed E-state index contributed by atoms with van der Waals surface area (Å²) < 4.78 is 0.863. The molecular weight excluding hydrogens is 152 g/mol. The fourth-order valence-electron chi connectivity index (χ4n) is 1.68. The summed E-state index contributed by atoms with van der Waals surface area (Å²) in [6.45, 7) is 7.71. The predicted octanol–water partition coefficient (Wildman–Crippen LogP) is 1.53. The van der Waals surface area contributed by atoms with Gasteiger partial charge < -0.3 is 5.21 Å². The summed E-state index contributed by atoms with van der Waals surface area (Å²) in [7, 11) is 0. The maximum absolute atomic E-state index is 11.5. The van der Waals surface area contributed by atoms with Crippen LogP contribution in [0.2, 0.25) is 0 Å². The van der Waals surface area contributed by atoms with Gasteiger partial charge in [-0.3, -0.25) is 0 Å². The summed E-state index contributed by atoms with van der Waals surface area (Å²) in [5, 5.41) is 20.3. The quantitative estimate of drug-likeness (QED) is 0.404. The Morgan fingerprint density at radius 3 is 2.17 bits per heavy atom. The van der Waals surface area contributed by atoms with Crippen LogP contribution < -0.4 is 0 Å². The first-order chi connectivity index (χ1) is 5.42. The van der Waals surface area contributed by atoms with E-state index in [1.165, 1.54) is 0 Å². The van der Waals surface area contributed by atoms with E-state index < -0.39 is 5.54 Å². The molecule has 1 heterocycles. The largest absolute Gasteiger partial charge is 0.623 e. The normalized spacial score (nSPS) is 33.6. The molecule has 3 heteroatoms. The lowest BCUT2D eigenvalue weighted by molar-refractivity contribution is -0.537. The highest BCUT2D eigenvalue weighted by atomic mass is 16.5. The van der Waals surface area contributed by atoms with E-state index in [1.54, 1.807) is 0 Å². The molecule has 0 spiro atoms. The second kappa shape index (κ2) is 2.48. The number of nitriles is 1. The van der Waals surface area contributed by atoms with Gasteiger partial charge in [0, 0.05) is 19.8 Å². The number of rotatable bonds is 0. The van der Waals surface area contributed by atoms with Crippen molar-refractivity contribution in [1.82, 2.24) is 0 Å². The summed E-state index contributed by atoms with van der Waals surface area (Å²) in [5.41, 5.74) is -0.0581. The summed E-state index contributed by atoms with van der Waals surface area (Å²) >= 11 is 0. The molecule has 1 aliphatic rings. The highest BCUT2D eigenvalue weighted by molar-refractivity contribution is 5.97. The average Bonchev–Trinajstić information content (AvgIpc) is 2.15. The van der Waals surface area contributed by atoms with Gasteiger partial charge in [0.15, 0.2) is 11.6 Å². The van der Waals surface area contributed by atoms with Gasteiger partial charge in [-0.05, 0) is 0 Å². The Morgan fingerprint density at radius 1 is 1.50 bits per heavy atom. The number of hydrogen-bond acceptors (Lipinski definition) is 2. The van der Waals surface area contributed by atoms with Gasteiger partial charge >= 0.3 is 0 Å². The number of hydrogen-bond donors (Lipinski definition) is 0. The zero-order valence-electron chi connectivity index (χ0n) is 7.96. The standard InChI is InChI=1S/C9H14N2O/c1-6-7(2)9(3,4)11(12)8(6)5-10/h6-7H,1-4H3. The molecule has 0 amide bonds. The Labute approximate surface area is 72.9 Å². The minimum absolute atomic E-state index is 0.0856. The zero-order chi connectivity index (χ0) is 9.52. The Balaban J connectivity index is 3.17. The molecule has 0 aromatic carbocycles. The Kier molecular flexibility index (Phi) is 1.87. The molecule has 0 saturated heterocycles. The van der Waals surface area contributed by atoms with Crippen molar-refractivity contribution in [3.8, 4) is 6.07 Å². The average molecular weight is 166 g/mol. The first-order valence-electron chi connectivity index (χ1n) is 4.17. The predicted molar refractivity (Wildman–Crippen MR) is 46.7 cm³/mol. The monoisotopic (exact) mass is 166 g/mol. The Morgan fingerprint density at radius 2 is 2.00 bits per heavy atom. The minimum atomic E-state index is -0.426. The fourth-order valence-corrected chi connectivity index (χ4v) is 1.68. The third kappa shape index (κ3) is 0.911. The smallest absolute Gasteiger partial charge is 0.268 e. The second-order valence-electron chi connectivity index (χ2n) is 4.02. The van der Waals surface area contributed by atoms with E-state index in [-0.39, 0.29) is 11.8 Å². The van der Waals surface area contributed by atoms with Crippen LogP contribution in [0.5, 0.6) is 0 Å². The van der Waals surface area contributed by atoms with Gasteiger partial charge in [0.2, 0.25) is 0 Å². The highest BCUT2D eigenvalue weighted by Gasteiger charge is 2.48. The summed E-state index contributed by atoms with van der Waals surface area (Å²) in [4.78, 5) is 0. The molecule has 0 N–H and O–H groups in total. The van der Waals surface area contributed by atoms with Gasteiger partial charge in [0.05, 0.1) is 5.92 Å². The molecule has 2 unspecified atom stereocenters. The molecule has 3 nitrogen and oxygen atoms in total. The van der Waals surface area contributed by atoms with Gasteiger partial charge in [-0.2, -0.15) is 10.0 Å². The molecule has 0 radical (unpaired) electrons. The summed E-state index contributed by atoms with van der Waals surface area (Å²) in [5.74, 6) is 0.326. The van der Waals surface area contributed by atoms with Gasteiger partial charge in [-0.25, -0.2) is 0 Å². The SMILES string of the molecule is CC1C(C#N)=[N+]([O-])C(C)(C)C1C. The van der Waals surface area contributed by atoms with E-state index in [4.69, 9.17) is 5.26 Å². The van der Waals surface area contributed by atoms with Crippen molar-refractivity contribution in [1.29, 1.82) is 5.26 Å². The first kappa shape index (κ1) is 9.05. The van der Waals surface area contributed by atoms with E-state index in [2.05, 4.69) is 0 Å². The van der Waals surface area contributed by atoms with Crippen molar-refractivity contribution in [3.63, 3.8) is 0 Å². The molecule has 1 rings (SSSR count). The lowest BCUT2D eigenvalue weighted by Crippen LogP contribution is -2.35. The summed E-state index contributed by atoms with van der Waals surface area (Å²) in [6, 6.07) is 1.98. The topological polar surface area (TPSA) is 49.9 Å². The van der Waals surface area contributed by atoms with Gasteiger partial charge in [0.1, 0.15) is 0 Å². The molecule has 0 aromatic heterocycles. The van der Waals surface area contributed by atoms with Crippen LogP contribution in [0.4, 0.5) is 0 Å². The Hall–Kier alpha value is -1.04. The molecule has 0 fully saturated rings. The van der Waals surface area contributed by atoms with Crippen LogP contribution in [0.3, 0.4) is 0 Å². The van der Waals surface area contributed by atoms with Crippen LogP contribution in [0.1, 0.15) is 27.7 Å². The van der Waals surface area contributed by atoms with Crippen molar-refractivity contribution in [2.24, 2.45) is 11.8 Å². The van der Waals surface area contributed by atoms with Gasteiger partial charge in [-0.1, -0.05) is 13.8 Å². The lowest BCUT2D eigenvalue weighted by Gasteiger charge is -2.23. The molecule has 1 aliphatic heterocycles. The lowest BCUT2D eigenvalue weighted by atomic mass is 9.83. The van der Waals surface area contributed by atoms with Gasteiger partial charge in [-0.15, -0.1) is 0 Å². The number of nitrogens with zero attached hydrogens (tertiary/aromatic N) is 2. The van der Waals surface area contributed by atoms with Crippen molar-refractivity contribution in [3.05, 3.63) is 5.21 Å². The molecular formula is C9H14N2O. The molecule has 0 saturated carbocycles. The van der Waals surface area contributed by atoms with Crippen LogP contribution in [0, 0.1) is 28.4 Å². The molecule has 12 heavy (non-hydrogen) atoms. The summed E-state index contributed by atoms with van der Waals surface area (Å²) in [6.07, 6.45) is 0. The first-order valence-corrected chi connectivity index (χ1v) is 4.17. The maximum Gasteiger partial charge on any atom is 0.268 e. The zero-order valence-corrected chi connectivity index (χ0v) is 7.96. The number of hydroxylamine groups is 1. The van der Waals surface area contributed by atoms with Crippen LogP contribution in [0.15, 0.2) is 0 Å². The van der Waals surface area contributed by atoms with Crippen molar-refractivity contribution < 1.29 is 4.74 Å². The van der Waals surface area contributed by atoms with Gasteiger partial charge in [0.25, 0.3) is 5.71 Å². The molecule has 2 atom stereocenters. The maximum atomic E-state index is 11.5. The van der Waals surface area contributed by atoms with E-state index in [9.17, 15) is 5.21 Å². The third-order valence-corrected chi connectivity index (χ3v) is 3.15. The highest BCUT2D eigenvalue weighted by Crippen LogP contribution is 2.34. The van der Waals surface area contributed by atoms with Crippen molar-refractivity contribution in [2.45, 2.75) is 33.2 Å².